The van der Waals surface area contributed by atoms with Gasteiger partial charge in [-0.25, -0.2) is 9.50 Å². The summed E-state index contributed by atoms with van der Waals surface area (Å²) >= 11 is 1.64. The van der Waals surface area contributed by atoms with Gasteiger partial charge in [-0.2, -0.15) is 5.10 Å². The Morgan fingerprint density at radius 1 is 0.955 bits per heavy atom. The molecule has 0 spiro atoms. The fraction of sp³-hybridized carbons (Fsp3) is 0.0588. The van der Waals surface area contributed by atoms with Gasteiger partial charge in [0.1, 0.15) is 12.1 Å². The summed E-state index contributed by atoms with van der Waals surface area (Å²) in [6.07, 6.45) is 1.59. The first-order chi connectivity index (χ1) is 10.9. The highest BCUT2D eigenvalue weighted by Gasteiger charge is 2.17. The standard InChI is InChI=1S/C17H13N3OS/c1-21-14-9-7-13(8-10-14)16-15(12-5-3-2-4-6-12)20-17(22-16)18-11-19-20/h2-11H,1H3. The van der Waals surface area contributed by atoms with Crippen molar-refractivity contribution in [1.29, 1.82) is 0 Å². The molecule has 22 heavy (non-hydrogen) atoms. The minimum absolute atomic E-state index is 0.851. The van der Waals surface area contributed by atoms with Crippen LogP contribution in [0, 0.1) is 0 Å². The van der Waals surface area contributed by atoms with Crippen LogP contribution in [0.2, 0.25) is 0 Å². The van der Waals surface area contributed by atoms with Gasteiger partial charge in [0.25, 0.3) is 0 Å². The number of nitrogens with zero attached hydrogens (tertiary/aromatic N) is 3. The Bertz CT molecular complexity index is 910. The zero-order chi connectivity index (χ0) is 14.9. The molecule has 4 aromatic rings. The van der Waals surface area contributed by atoms with Crippen molar-refractivity contribution >= 4 is 16.3 Å². The number of rotatable bonds is 3. The molecule has 2 aromatic carbocycles. The van der Waals surface area contributed by atoms with Crippen LogP contribution in [0.15, 0.2) is 60.9 Å². The molecule has 0 N–H and O–H groups in total. The van der Waals surface area contributed by atoms with E-state index in [9.17, 15) is 0 Å². The average molecular weight is 307 g/mol. The molecular formula is C17H13N3OS. The molecule has 4 nitrogen and oxygen atoms in total. The maximum atomic E-state index is 5.24. The maximum absolute atomic E-state index is 5.24. The number of ether oxygens (including phenoxy) is 1. The molecular weight excluding hydrogens is 294 g/mol. The first-order valence-corrected chi connectivity index (χ1v) is 7.71. The summed E-state index contributed by atoms with van der Waals surface area (Å²) in [6.45, 7) is 0. The molecule has 5 heteroatoms. The van der Waals surface area contributed by atoms with Crippen LogP contribution in [0.5, 0.6) is 5.75 Å². The van der Waals surface area contributed by atoms with Gasteiger partial charge in [-0.1, -0.05) is 41.7 Å². The van der Waals surface area contributed by atoms with Crippen molar-refractivity contribution in [1.82, 2.24) is 14.6 Å². The van der Waals surface area contributed by atoms with Gasteiger partial charge in [0.2, 0.25) is 4.96 Å². The van der Waals surface area contributed by atoms with Crippen molar-refractivity contribution in [2.45, 2.75) is 0 Å². The van der Waals surface area contributed by atoms with Gasteiger partial charge in [0.15, 0.2) is 0 Å². The number of benzene rings is 2. The summed E-state index contributed by atoms with van der Waals surface area (Å²) in [7, 11) is 1.67. The van der Waals surface area contributed by atoms with Gasteiger partial charge in [-0.3, -0.25) is 0 Å². The summed E-state index contributed by atoms with van der Waals surface area (Å²) in [5.74, 6) is 0.851. The second-order valence-corrected chi connectivity index (χ2v) is 5.81. The number of fused-ring (bicyclic) bond motifs is 1. The SMILES string of the molecule is COc1ccc(-c2sc3ncnn3c2-c2ccccc2)cc1. The zero-order valence-electron chi connectivity index (χ0n) is 11.9. The van der Waals surface area contributed by atoms with Crippen LogP contribution in [0.25, 0.3) is 26.7 Å². The third kappa shape index (κ3) is 2.07. The molecule has 0 amide bonds. The average Bonchev–Trinajstić information content (AvgIpc) is 3.16. The quantitative estimate of drug-likeness (QED) is 0.571. The molecule has 0 saturated carbocycles. The van der Waals surface area contributed by atoms with Crippen molar-refractivity contribution in [2.24, 2.45) is 0 Å². The van der Waals surface area contributed by atoms with Crippen LogP contribution in [-0.4, -0.2) is 21.7 Å². The number of thiazole rings is 1. The van der Waals surface area contributed by atoms with Crippen molar-refractivity contribution in [2.75, 3.05) is 7.11 Å². The Hall–Kier alpha value is -2.66. The molecule has 0 atom stereocenters. The second kappa shape index (κ2) is 5.27. The Balaban J connectivity index is 1.95. The molecule has 0 radical (unpaired) electrons. The lowest BCUT2D eigenvalue weighted by atomic mass is 10.1. The van der Waals surface area contributed by atoms with E-state index in [1.54, 1.807) is 24.8 Å². The number of hydrogen-bond donors (Lipinski definition) is 0. The Labute approximate surface area is 131 Å². The van der Waals surface area contributed by atoms with E-state index in [1.165, 1.54) is 0 Å². The first-order valence-electron chi connectivity index (χ1n) is 6.89. The molecule has 2 aromatic heterocycles. The third-order valence-corrected chi connectivity index (χ3v) is 4.63. The van der Waals surface area contributed by atoms with Crippen LogP contribution in [-0.2, 0) is 0 Å². The summed E-state index contributed by atoms with van der Waals surface area (Å²) in [5, 5.41) is 4.37. The summed E-state index contributed by atoms with van der Waals surface area (Å²) in [5.41, 5.74) is 3.34. The number of methoxy groups -OCH3 is 1. The topological polar surface area (TPSA) is 39.4 Å². The predicted molar refractivity (Wildman–Crippen MR) is 88.3 cm³/mol. The highest BCUT2D eigenvalue weighted by molar-refractivity contribution is 7.20. The molecule has 0 aliphatic heterocycles. The molecule has 0 bridgehead atoms. The predicted octanol–water partition coefficient (Wildman–Crippen LogP) is 4.13. The van der Waals surface area contributed by atoms with Crippen molar-refractivity contribution in [3.05, 3.63) is 60.9 Å². The van der Waals surface area contributed by atoms with E-state index in [2.05, 4.69) is 34.3 Å². The van der Waals surface area contributed by atoms with Crippen LogP contribution in [0.4, 0.5) is 0 Å². The summed E-state index contributed by atoms with van der Waals surface area (Å²) in [6, 6.07) is 18.3. The lowest BCUT2D eigenvalue weighted by Gasteiger charge is -2.05. The van der Waals surface area contributed by atoms with Crippen molar-refractivity contribution < 1.29 is 4.74 Å². The minimum Gasteiger partial charge on any atom is -0.497 e. The van der Waals surface area contributed by atoms with E-state index >= 15 is 0 Å². The Morgan fingerprint density at radius 3 is 2.45 bits per heavy atom. The molecule has 108 valence electrons. The molecule has 2 heterocycles. The lowest BCUT2D eigenvalue weighted by molar-refractivity contribution is 0.415. The van der Waals surface area contributed by atoms with Crippen molar-refractivity contribution in [3.63, 3.8) is 0 Å². The zero-order valence-corrected chi connectivity index (χ0v) is 12.7. The smallest absolute Gasteiger partial charge is 0.213 e. The molecule has 4 rings (SSSR count). The molecule has 0 aliphatic carbocycles. The van der Waals surface area contributed by atoms with Gasteiger partial charge in [-0.05, 0) is 29.8 Å². The Kier molecular flexibility index (Phi) is 3.12. The fourth-order valence-corrected chi connectivity index (χ4v) is 3.54. The first kappa shape index (κ1) is 13.0. The van der Waals surface area contributed by atoms with Gasteiger partial charge in [0.05, 0.1) is 17.7 Å². The molecule has 0 fully saturated rings. The lowest BCUT2D eigenvalue weighted by Crippen LogP contribution is -1.90. The van der Waals surface area contributed by atoms with E-state index in [1.807, 2.05) is 34.8 Å². The van der Waals surface area contributed by atoms with Gasteiger partial charge < -0.3 is 4.74 Å². The maximum Gasteiger partial charge on any atom is 0.213 e. The van der Waals surface area contributed by atoms with E-state index in [-0.39, 0.29) is 0 Å². The van der Waals surface area contributed by atoms with Crippen LogP contribution in [0.3, 0.4) is 0 Å². The van der Waals surface area contributed by atoms with Gasteiger partial charge in [-0.15, -0.1) is 0 Å². The number of hydrogen-bond acceptors (Lipinski definition) is 4. The van der Waals surface area contributed by atoms with Crippen LogP contribution in [0.1, 0.15) is 0 Å². The monoisotopic (exact) mass is 307 g/mol. The highest BCUT2D eigenvalue weighted by atomic mass is 32.1. The van der Waals surface area contributed by atoms with Gasteiger partial charge in [0, 0.05) is 5.56 Å². The second-order valence-electron chi connectivity index (χ2n) is 4.83. The van der Waals surface area contributed by atoms with Gasteiger partial charge >= 0.3 is 0 Å². The number of aromatic nitrogens is 3. The largest absolute Gasteiger partial charge is 0.497 e. The minimum atomic E-state index is 0.851. The van der Waals surface area contributed by atoms with E-state index in [0.29, 0.717) is 0 Å². The fourth-order valence-electron chi connectivity index (χ4n) is 2.48. The summed E-state index contributed by atoms with van der Waals surface area (Å²) in [4.78, 5) is 6.38. The van der Waals surface area contributed by atoms with Crippen LogP contribution < -0.4 is 4.74 Å². The molecule has 0 aliphatic rings. The third-order valence-electron chi connectivity index (χ3n) is 3.54. The highest BCUT2D eigenvalue weighted by Crippen LogP contribution is 2.38. The van der Waals surface area contributed by atoms with E-state index in [4.69, 9.17) is 4.74 Å². The molecule has 0 unspecified atom stereocenters. The molecule has 0 saturated heterocycles. The van der Waals surface area contributed by atoms with Crippen LogP contribution >= 0.6 is 11.3 Å². The normalized spacial score (nSPS) is 11.0. The van der Waals surface area contributed by atoms with E-state index in [0.717, 1.165) is 32.4 Å². The van der Waals surface area contributed by atoms with E-state index < -0.39 is 0 Å². The Morgan fingerprint density at radius 2 is 1.73 bits per heavy atom. The van der Waals surface area contributed by atoms with Crippen molar-refractivity contribution in [3.8, 4) is 27.4 Å². The summed E-state index contributed by atoms with van der Waals surface area (Å²) < 4.78 is 7.14.